The number of nitrogens with zero attached hydrogens (tertiary/aromatic N) is 4. The number of pyridine rings is 2. The summed E-state index contributed by atoms with van der Waals surface area (Å²) in [5.74, 6) is 0.903. The highest BCUT2D eigenvalue weighted by Crippen LogP contribution is 2.35. The van der Waals surface area contributed by atoms with Crippen molar-refractivity contribution in [2.45, 2.75) is 0 Å². The quantitative estimate of drug-likeness (QED) is 0.294. The number of hydrogen-bond donors (Lipinski definition) is 0. The van der Waals surface area contributed by atoms with Crippen molar-refractivity contribution >= 4 is 32.7 Å². The summed E-state index contributed by atoms with van der Waals surface area (Å²) in [5.41, 5.74) is 6.78. The van der Waals surface area contributed by atoms with Crippen LogP contribution in [0.2, 0.25) is 0 Å². The molecule has 0 aliphatic heterocycles. The van der Waals surface area contributed by atoms with Gasteiger partial charge in [-0.1, -0.05) is 42.5 Å². The first-order chi connectivity index (χ1) is 16.9. The van der Waals surface area contributed by atoms with Crippen LogP contribution in [-0.2, 0) is 0 Å². The predicted octanol–water partition coefficient (Wildman–Crippen LogP) is 7.18. The van der Waals surface area contributed by atoms with Crippen LogP contribution in [0, 0.1) is 0 Å². The second kappa shape index (κ2) is 7.42. The Morgan fingerprint density at radius 3 is 2.26 bits per heavy atom. The third kappa shape index (κ3) is 2.86. The molecule has 0 atom stereocenters. The first-order valence-corrected chi connectivity index (χ1v) is 11.3. The van der Waals surface area contributed by atoms with Crippen LogP contribution in [0.15, 0.2) is 122 Å². The van der Waals surface area contributed by atoms with Gasteiger partial charge in [-0.25, -0.2) is 4.98 Å². The summed E-state index contributed by atoms with van der Waals surface area (Å²) in [6.07, 6.45) is 7.73. The van der Waals surface area contributed by atoms with Gasteiger partial charge in [0.25, 0.3) is 0 Å². The normalized spacial score (nSPS) is 11.5. The lowest BCUT2D eigenvalue weighted by Gasteiger charge is -2.09. The Kier molecular flexibility index (Phi) is 4.11. The molecule has 0 spiro atoms. The fourth-order valence-electron chi connectivity index (χ4n) is 4.88. The van der Waals surface area contributed by atoms with E-state index < -0.39 is 0 Å². The van der Waals surface area contributed by atoms with Gasteiger partial charge >= 0.3 is 0 Å². The summed E-state index contributed by atoms with van der Waals surface area (Å²) < 4.78 is 4.51. The van der Waals surface area contributed by atoms with Crippen LogP contribution in [0.25, 0.3) is 55.3 Å². The Hall–Kier alpha value is -4.70. The number of para-hydroxylation sites is 2. The molecule has 0 fully saturated rings. The van der Waals surface area contributed by atoms with E-state index in [-0.39, 0.29) is 0 Å². The molecule has 0 bridgehead atoms. The molecular formula is C30H20N4. The molecule has 4 aromatic heterocycles. The Morgan fingerprint density at radius 2 is 1.44 bits per heavy atom. The SMILES string of the molecule is c1ccc(-n2ccc3cc4c(cc32)c2ccccc2n4-c2ccc(-c3cccnc3)cn2)cc1. The van der Waals surface area contributed by atoms with Crippen molar-refractivity contribution in [3.05, 3.63) is 122 Å². The van der Waals surface area contributed by atoms with Crippen LogP contribution in [0.4, 0.5) is 0 Å². The van der Waals surface area contributed by atoms with Gasteiger partial charge in [0, 0.05) is 57.8 Å². The molecular weight excluding hydrogens is 416 g/mol. The first-order valence-electron chi connectivity index (χ1n) is 11.3. The molecule has 7 aromatic rings. The van der Waals surface area contributed by atoms with Gasteiger partial charge in [-0.3, -0.25) is 9.55 Å². The van der Waals surface area contributed by atoms with Gasteiger partial charge in [-0.2, -0.15) is 0 Å². The molecule has 160 valence electrons. The minimum absolute atomic E-state index is 0.903. The molecule has 4 heterocycles. The van der Waals surface area contributed by atoms with Crippen molar-refractivity contribution in [3.63, 3.8) is 0 Å². The minimum Gasteiger partial charge on any atom is -0.317 e. The maximum absolute atomic E-state index is 4.86. The fourth-order valence-corrected chi connectivity index (χ4v) is 4.88. The molecule has 0 N–H and O–H groups in total. The lowest BCUT2D eigenvalue weighted by Crippen LogP contribution is -1.97. The van der Waals surface area contributed by atoms with Gasteiger partial charge in [-0.05, 0) is 54.6 Å². The van der Waals surface area contributed by atoms with Gasteiger partial charge < -0.3 is 4.57 Å². The second-order valence-corrected chi connectivity index (χ2v) is 8.45. The van der Waals surface area contributed by atoms with E-state index in [1.165, 1.54) is 21.7 Å². The van der Waals surface area contributed by atoms with Crippen LogP contribution in [-0.4, -0.2) is 19.1 Å². The molecule has 34 heavy (non-hydrogen) atoms. The monoisotopic (exact) mass is 436 g/mol. The predicted molar refractivity (Wildman–Crippen MR) is 139 cm³/mol. The number of fused-ring (bicyclic) bond motifs is 4. The smallest absolute Gasteiger partial charge is 0.137 e. The average molecular weight is 437 g/mol. The van der Waals surface area contributed by atoms with Crippen molar-refractivity contribution in [1.29, 1.82) is 0 Å². The van der Waals surface area contributed by atoms with Crippen LogP contribution < -0.4 is 0 Å². The fraction of sp³-hybridized carbons (Fsp3) is 0. The van der Waals surface area contributed by atoms with Gasteiger partial charge in [0.2, 0.25) is 0 Å². The number of benzene rings is 3. The van der Waals surface area contributed by atoms with Gasteiger partial charge in [-0.15, -0.1) is 0 Å². The topological polar surface area (TPSA) is 35.6 Å². The van der Waals surface area contributed by atoms with E-state index in [0.717, 1.165) is 33.7 Å². The number of rotatable bonds is 3. The van der Waals surface area contributed by atoms with E-state index in [1.807, 2.05) is 24.5 Å². The zero-order valence-electron chi connectivity index (χ0n) is 18.3. The summed E-state index contributed by atoms with van der Waals surface area (Å²) >= 11 is 0. The lowest BCUT2D eigenvalue weighted by molar-refractivity contribution is 1.08. The standard InChI is InChI=1S/C30H20N4/c1-2-8-24(9-3-1)33-16-14-21-17-29-26(18-28(21)33)25-10-4-5-11-27(25)34(29)30-13-12-23(20-32-30)22-7-6-15-31-19-22/h1-20H. The second-order valence-electron chi connectivity index (χ2n) is 8.45. The zero-order valence-corrected chi connectivity index (χ0v) is 18.3. The van der Waals surface area contributed by atoms with E-state index >= 15 is 0 Å². The van der Waals surface area contributed by atoms with Crippen LogP contribution in [0.3, 0.4) is 0 Å². The third-order valence-corrected chi connectivity index (χ3v) is 6.49. The summed E-state index contributed by atoms with van der Waals surface area (Å²) in [7, 11) is 0. The largest absolute Gasteiger partial charge is 0.317 e. The number of hydrogen-bond acceptors (Lipinski definition) is 2. The highest BCUT2D eigenvalue weighted by molar-refractivity contribution is 6.13. The maximum Gasteiger partial charge on any atom is 0.137 e. The van der Waals surface area contributed by atoms with Crippen molar-refractivity contribution in [2.75, 3.05) is 0 Å². The molecule has 0 aliphatic rings. The minimum atomic E-state index is 0.903. The highest BCUT2D eigenvalue weighted by atomic mass is 15.1. The van der Waals surface area contributed by atoms with E-state index in [1.54, 1.807) is 6.20 Å². The van der Waals surface area contributed by atoms with Gasteiger partial charge in [0.1, 0.15) is 5.82 Å². The average Bonchev–Trinajstić information content (AvgIpc) is 3.47. The Labute approximate surface area is 196 Å². The van der Waals surface area contributed by atoms with E-state index in [4.69, 9.17) is 4.98 Å². The highest BCUT2D eigenvalue weighted by Gasteiger charge is 2.15. The molecule has 0 saturated carbocycles. The molecule has 4 nitrogen and oxygen atoms in total. The van der Waals surface area contributed by atoms with E-state index in [9.17, 15) is 0 Å². The molecule has 0 aliphatic carbocycles. The lowest BCUT2D eigenvalue weighted by atomic mass is 10.1. The third-order valence-electron chi connectivity index (χ3n) is 6.49. The Morgan fingerprint density at radius 1 is 0.588 bits per heavy atom. The molecule has 0 saturated heterocycles. The van der Waals surface area contributed by atoms with Gasteiger partial charge in [0.05, 0.1) is 16.6 Å². The van der Waals surface area contributed by atoms with Crippen LogP contribution in [0.1, 0.15) is 0 Å². The van der Waals surface area contributed by atoms with Crippen molar-refractivity contribution in [1.82, 2.24) is 19.1 Å². The molecule has 4 heteroatoms. The molecule has 7 rings (SSSR count). The van der Waals surface area contributed by atoms with Crippen LogP contribution >= 0.6 is 0 Å². The van der Waals surface area contributed by atoms with Gasteiger partial charge in [0.15, 0.2) is 0 Å². The summed E-state index contributed by atoms with van der Waals surface area (Å²) in [6, 6.07) is 34.0. The molecule has 0 amide bonds. The first kappa shape index (κ1) is 18.8. The van der Waals surface area contributed by atoms with Crippen molar-refractivity contribution in [2.24, 2.45) is 0 Å². The molecule has 0 unspecified atom stereocenters. The molecule has 0 radical (unpaired) electrons. The maximum atomic E-state index is 4.86. The Balaban J connectivity index is 1.46. The van der Waals surface area contributed by atoms with E-state index in [2.05, 4.69) is 105 Å². The molecule has 3 aromatic carbocycles. The van der Waals surface area contributed by atoms with Crippen molar-refractivity contribution < 1.29 is 0 Å². The van der Waals surface area contributed by atoms with Crippen LogP contribution in [0.5, 0.6) is 0 Å². The van der Waals surface area contributed by atoms with E-state index in [0.29, 0.717) is 0 Å². The Bertz CT molecular complexity index is 1780. The van der Waals surface area contributed by atoms with Crippen molar-refractivity contribution in [3.8, 4) is 22.6 Å². The summed E-state index contributed by atoms with van der Waals surface area (Å²) in [4.78, 5) is 9.09. The number of aromatic nitrogens is 4. The summed E-state index contributed by atoms with van der Waals surface area (Å²) in [6.45, 7) is 0. The summed E-state index contributed by atoms with van der Waals surface area (Å²) in [5, 5.41) is 3.64. The zero-order chi connectivity index (χ0) is 22.5.